The summed E-state index contributed by atoms with van der Waals surface area (Å²) in [7, 11) is 1.66. The molecule has 0 heterocycles. The Morgan fingerprint density at radius 2 is 2.05 bits per heavy atom. The fourth-order valence-electron chi connectivity index (χ4n) is 1.83. The molecule has 0 fully saturated rings. The van der Waals surface area contributed by atoms with Crippen molar-refractivity contribution >= 4 is 33.2 Å². The second-order valence-electron chi connectivity index (χ2n) is 4.30. The lowest BCUT2D eigenvalue weighted by molar-refractivity contribution is 0.0993. The second-order valence-corrected chi connectivity index (χ2v) is 5.22. The van der Waals surface area contributed by atoms with Crippen LogP contribution in [0.5, 0.6) is 0 Å². The molecule has 100 valence electrons. The number of benzene rings is 2. The maximum Gasteiger partial charge on any atom is 0.258 e. The molecule has 4 nitrogen and oxygen atoms in total. The van der Waals surface area contributed by atoms with E-state index in [4.69, 9.17) is 11.0 Å². The van der Waals surface area contributed by atoms with Crippen molar-refractivity contribution in [1.82, 2.24) is 0 Å². The Labute approximate surface area is 125 Å². The maximum absolute atomic E-state index is 12.4. The Kier molecular flexibility index (Phi) is 4.06. The van der Waals surface area contributed by atoms with Gasteiger partial charge in [0, 0.05) is 28.5 Å². The van der Waals surface area contributed by atoms with Crippen molar-refractivity contribution in [3.63, 3.8) is 0 Å². The van der Waals surface area contributed by atoms with Gasteiger partial charge in [-0.2, -0.15) is 5.26 Å². The highest BCUT2D eigenvalue weighted by Crippen LogP contribution is 2.21. The number of nitrogens with zero attached hydrogens (tertiary/aromatic N) is 2. The molecular formula is C15H12BrN3O. The van der Waals surface area contributed by atoms with Crippen LogP contribution >= 0.6 is 15.9 Å². The number of rotatable bonds is 2. The van der Waals surface area contributed by atoms with Gasteiger partial charge in [0.15, 0.2) is 0 Å². The van der Waals surface area contributed by atoms with E-state index in [0.29, 0.717) is 22.5 Å². The SMILES string of the molecule is CN(C(=O)c1cc(N)cc(Br)c1)c1cccc(C#N)c1. The highest BCUT2D eigenvalue weighted by Gasteiger charge is 2.14. The van der Waals surface area contributed by atoms with Crippen LogP contribution < -0.4 is 10.6 Å². The third kappa shape index (κ3) is 2.98. The van der Waals surface area contributed by atoms with Gasteiger partial charge in [-0.25, -0.2) is 0 Å². The van der Waals surface area contributed by atoms with Crippen molar-refractivity contribution in [1.29, 1.82) is 5.26 Å². The molecule has 2 rings (SSSR count). The van der Waals surface area contributed by atoms with E-state index in [1.165, 1.54) is 4.90 Å². The zero-order valence-electron chi connectivity index (χ0n) is 10.8. The first kappa shape index (κ1) is 14.1. The van der Waals surface area contributed by atoms with Gasteiger partial charge < -0.3 is 10.6 Å². The third-order valence-corrected chi connectivity index (χ3v) is 3.29. The van der Waals surface area contributed by atoms with Gasteiger partial charge in [0.1, 0.15) is 0 Å². The number of anilines is 2. The summed E-state index contributed by atoms with van der Waals surface area (Å²) in [6.45, 7) is 0. The number of hydrogen-bond donors (Lipinski definition) is 1. The van der Waals surface area contributed by atoms with Crippen molar-refractivity contribution in [3.05, 3.63) is 58.1 Å². The lowest BCUT2D eigenvalue weighted by Crippen LogP contribution is -2.26. The van der Waals surface area contributed by atoms with Crippen LogP contribution in [0.3, 0.4) is 0 Å². The molecule has 0 aliphatic heterocycles. The van der Waals surface area contributed by atoms with Crippen LogP contribution in [0.4, 0.5) is 11.4 Å². The van der Waals surface area contributed by atoms with E-state index in [2.05, 4.69) is 22.0 Å². The predicted molar refractivity (Wildman–Crippen MR) is 82.4 cm³/mol. The lowest BCUT2D eigenvalue weighted by Gasteiger charge is -2.18. The molecule has 2 N–H and O–H groups in total. The molecule has 0 unspecified atom stereocenters. The molecule has 0 saturated carbocycles. The van der Waals surface area contributed by atoms with E-state index in [1.54, 1.807) is 49.5 Å². The number of nitrogens with two attached hydrogens (primary N) is 1. The highest BCUT2D eigenvalue weighted by atomic mass is 79.9. The fraction of sp³-hybridized carbons (Fsp3) is 0.0667. The number of carbonyl (C=O) groups is 1. The van der Waals surface area contributed by atoms with Crippen LogP contribution in [0.15, 0.2) is 46.9 Å². The molecule has 2 aromatic carbocycles. The van der Waals surface area contributed by atoms with Crippen LogP contribution in [0.2, 0.25) is 0 Å². The summed E-state index contributed by atoms with van der Waals surface area (Å²) in [4.78, 5) is 13.9. The summed E-state index contributed by atoms with van der Waals surface area (Å²) in [5.74, 6) is -0.187. The first-order valence-electron chi connectivity index (χ1n) is 5.85. The smallest absolute Gasteiger partial charge is 0.258 e. The summed E-state index contributed by atoms with van der Waals surface area (Å²) in [5.41, 5.74) is 7.91. The zero-order chi connectivity index (χ0) is 14.7. The minimum atomic E-state index is -0.187. The largest absolute Gasteiger partial charge is 0.399 e. The Balaban J connectivity index is 2.35. The van der Waals surface area contributed by atoms with Gasteiger partial charge in [-0.3, -0.25) is 4.79 Å². The van der Waals surface area contributed by atoms with Gasteiger partial charge in [-0.1, -0.05) is 22.0 Å². The Bertz CT molecular complexity index is 686. The topological polar surface area (TPSA) is 70.1 Å². The average molecular weight is 330 g/mol. The molecule has 5 heteroatoms. The van der Waals surface area contributed by atoms with Gasteiger partial charge in [0.25, 0.3) is 5.91 Å². The maximum atomic E-state index is 12.4. The van der Waals surface area contributed by atoms with Crippen molar-refractivity contribution < 1.29 is 4.79 Å². The van der Waals surface area contributed by atoms with Gasteiger partial charge in [-0.05, 0) is 36.4 Å². The van der Waals surface area contributed by atoms with Gasteiger partial charge >= 0.3 is 0 Å². The monoisotopic (exact) mass is 329 g/mol. The Morgan fingerprint density at radius 3 is 2.70 bits per heavy atom. The molecule has 0 spiro atoms. The molecule has 0 aliphatic carbocycles. The number of halogens is 1. The van der Waals surface area contributed by atoms with E-state index in [-0.39, 0.29) is 5.91 Å². The van der Waals surface area contributed by atoms with Crippen LogP contribution in [-0.4, -0.2) is 13.0 Å². The van der Waals surface area contributed by atoms with Gasteiger partial charge in [-0.15, -0.1) is 0 Å². The van der Waals surface area contributed by atoms with Crippen molar-refractivity contribution in [3.8, 4) is 6.07 Å². The third-order valence-electron chi connectivity index (χ3n) is 2.83. The first-order chi connectivity index (χ1) is 9.51. The number of nitriles is 1. The van der Waals surface area contributed by atoms with E-state index >= 15 is 0 Å². The van der Waals surface area contributed by atoms with Crippen molar-refractivity contribution in [2.24, 2.45) is 0 Å². The molecule has 0 bridgehead atoms. The number of amides is 1. The normalized spacial score (nSPS) is 9.85. The fourth-order valence-corrected chi connectivity index (χ4v) is 2.34. The molecule has 1 amide bonds. The molecule has 0 aromatic heterocycles. The number of carbonyl (C=O) groups excluding carboxylic acids is 1. The van der Waals surface area contributed by atoms with Crippen LogP contribution in [0, 0.1) is 11.3 Å². The lowest BCUT2D eigenvalue weighted by atomic mass is 10.1. The van der Waals surface area contributed by atoms with E-state index < -0.39 is 0 Å². The molecule has 0 atom stereocenters. The quantitative estimate of drug-likeness (QED) is 0.860. The zero-order valence-corrected chi connectivity index (χ0v) is 12.4. The summed E-state index contributed by atoms with van der Waals surface area (Å²) >= 11 is 3.32. The first-order valence-corrected chi connectivity index (χ1v) is 6.65. The number of nitrogen functional groups attached to an aromatic ring is 1. The molecule has 0 aliphatic rings. The summed E-state index contributed by atoms with van der Waals surface area (Å²) in [6, 6.07) is 14.0. The van der Waals surface area contributed by atoms with Gasteiger partial charge in [0.2, 0.25) is 0 Å². The molecule has 0 saturated heterocycles. The minimum absolute atomic E-state index is 0.187. The molecule has 2 aromatic rings. The Hall–Kier alpha value is -2.32. The minimum Gasteiger partial charge on any atom is -0.399 e. The predicted octanol–water partition coefficient (Wildman–Crippen LogP) is 3.18. The average Bonchev–Trinajstić information content (AvgIpc) is 2.44. The van der Waals surface area contributed by atoms with Crippen LogP contribution in [0.25, 0.3) is 0 Å². The van der Waals surface area contributed by atoms with Crippen LogP contribution in [0.1, 0.15) is 15.9 Å². The van der Waals surface area contributed by atoms with E-state index in [9.17, 15) is 4.79 Å². The van der Waals surface area contributed by atoms with E-state index in [0.717, 1.165) is 4.47 Å². The summed E-state index contributed by atoms with van der Waals surface area (Å²) < 4.78 is 0.750. The summed E-state index contributed by atoms with van der Waals surface area (Å²) in [5, 5.41) is 8.90. The van der Waals surface area contributed by atoms with Crippen molar-refractivity contribution in [2.75, 3.05) is 17.7 Å². The standard InChI is InChI=1S/C15H12BrN3O/c1-19(14-4-2-3-10(5-14)9-17)15(20)11-6-12(16)8-13(18)7-11/h2-8H,18H2,1H3. The van der Waals surface area contributed by atoms with Gasteiger partial charge in [0.05, 0.1) is 11.6 Å². The molecule has 20 heavy (non-hydrogen) atoms. The summed E-state index contributed by atoms with van der Waals surface area (Å²) in [6.07, 6.45) is 0. The number of hydrogen-bond acceptors (Lipinski definition) is 3. The van der Waals surface area contributed by atoms with Crippen molar-refractivity contribution in [2.45, 2.75) is 0 Å². The van der Waals surface area contributed by atoms with Crippen LogP contribution in [-0.2, 0) is 0 Å². The Morgan fingerprint density at radius 1 is 1.30 bits per heavy atom. The second kappa shape index (κ2) is 5.76. The van der Waals surface area contributed by atoms with E-state index in [1.807, 2.05) is 0 Å². The molecule has 0 radical (unpaired) electrons. The molecular weight excluding hydrogens is 318 g/mol. The highest BCUT2D eigenvalue weighted by molar-refractivity contribution is 9.10.